The summed E-state index contributed by atoms with van der Waals surface area (Å²) in [5.74, 6) is 6.34. The van der Waals surface area contributed by atoms with Crippen LogP contribution in [0.5, 0.6) is 5.75 Å². The molecule has 3 aromatic heterocycles. The molecule has 1 aliphatic heterocycles. The van der Waals surface area contributed by atoms with Crippen LogP contribution >= 0.6 is 11.6 Å². The number of ether oxygens (including phenoxy) is 1. The number of anilines is 3. The van der Waals surface area contributed by atoms with E-state index >= 15 is 0 Å². The molecule has 1 amide bonds. The van der Waals surface area contributed by atoms with E-state index in [1.54, 1.807) is 43.6 Å². The van der Waals surface area contributed by atoms with Crippen molar-refractivity contribution in [3.63, 3.8) is 0 Å². The third kappa shape index (κ3) is 8.72. The van der Waals surface area contributed by atoms with Crippen molar-refractivity contribution in [3.05, 3.63) is 106 Å². The predicted octanol–water partition coefficient (Wildman–Crippen LogP) is 5.32. The number of nitrogens with one attached hydrogen (secondary N) is 2. The Balaban J connectivity index is 1.21. The van der Waals surface area contributed by atoms with Crippen LogP contribution in [0.2, 0.25) is 5.02 Å². The van der Waals surface area contributed by atoms with Crippen molar-refractivity contribution in [1.29, 1.82) is 0 Å². The van der Waals surface area contributed by atoms with E-state index in [1.165, 1.54) is 12.4 Å². The van der Waals surface area contributed by atoms with Crippen LogP contribution in [0.15, 0.2) is 89.7 Å². The molecule has 0 unspecified atom stereocenters. The zero-order chi connectivity index (χ0) is 33.4. The Morgan fingerprint density at radius 2 is 2.02 bits per heavy atom. The Morgan fingerprint density at radius 3 is 2.77 bits per heavy atom. The van der Waals surface area contributed by atoms with E-state index in [4.69, 9.17) is 16.3 Å². The maximum absolute atomic E-state index is 12.8. The van der Waals surface area contributed by atoms with Gasteiger partial charge in [-0.1, -0.05) is 23.6 Å². The Morgan fingerprint density at radius 1 is 1.17 bits per heavy atom. The second kappa shape index (κ2) is 14.6. The van der Waals surface area contributed by atoms with Gasteiger partial charge in [0, 0.05) is 23.3 Å². The van der Waals surface area contributed by atoms with Crippen molar-refractivity contribution in [3.8, 4) is 17.6 Å². The summed E-state index contributed by atoms with van der Waals surface area (Å²) in [5, 5.41) is 18.6. The largest absolute Gasteiger partial charge is 0.486 e. The highest BCUT2D eigenvalue weighted by Crippen LogP contribution is 2.31. The molecule has 0 spiro atoms. The number of pyridine rings is 2. The molecule has 1 aromatic carbocycles. The summed E-state index contributed by atoms with van der Waals surface area (Å²) < 4.78 is 6.19. The van der Waals surface area contributed by atoms with E-state index in [2.05, 4.69) is 47.4 Å². The number of amides is 1. The molecule has 0 fully saturated rings. The fourth-order valence-corrected chi connectivity index (χ4v) is 5.06. The molecule has 0 saturated heterocycles. The summed E-state index contributed by atoms with van der Waals surface area (Å²) in [6, 6.07) is 12.6. The van der Waals surface area contributed by atoms with E-state index in [9.17, 15) is 14.9 Å². The lowest BCUT2D eigenvalue weighted by atomic mass is 10.1. The van der Waals surface area contributed by atoms with Gasteiger partial charge in [-0.15, -0.1) is 0 Å². The molecular formula is C33H31ClN9O4+. The summed E-state index contributed by atoms with van der Waals surface area (Å²) in [6.45, 7) is 2.78. The van der Waals surface area contributed by atoms with Crippen molar-refractivity contribution in [2.75, 3.05) is 37.8 Å². The zero-order valence-corrected chi connectivity index (χ0v) is 26.7. The average Bonchev–Trinajstić information content (AvgIpc) is 3.43. The number of hydrogen-bond donors (Lipinski definition) is 2. The predicted molar refractivity (Wildman–Crippen MR) is 180 cm³/mol. The normalized spacial score (nSPS) is 12.9. The maximum atomic E-state index is 12.8. The van der Waals surface area contributed by atoms with Crippen molar-refractivity contribution >= 4 is 51.4 Å². The first kappa shape index (κ1) is 32.7. The Hall–Kier alpha value is -5.71. The first-order valence-electron chi connectivity index (χ1n) is 14.5. The highest BCUT2D eigenvalue weighted by Gasteiger charge is 2.32. The number of carbonyl (C=O) groups excluding carboxylic acids is 1. The van der Waals surface area contributed by atoms with Crippen LogP contribution < -0.4 is 15.4 Å². The van der Waals surface area contributed by atoms with Crippen molar-refractivity contribution in [1.82, 2.24) is 19.9 Å². The van der Waals surface area contributed by atoms with Gasteiger partial charge in [-0.3, -0.25) is 9.78 Å². The van der Waals surface area contributed by atoms with Gasteiger partial charge in [0.15, 0.2) is 0 Å². The minimum atomic E-state index is -0.475. The van der Waals surface area contributed by atoms with E-state index in [0.717, 1.165) is 5.69 Å². The first-order chi connectivity index (χ1) is 22.6. The summed E-state index contributed by atoms with van der Waals surface area (Å²) in [6.07, 6.45) is 8.14. The van der Waals surface area contributed by atoms with Crippen LogP contribution in [0, 0.1) is 22.0 Å². The molecule has 0 bridgehead atoms. The van der Waals surface area contributed by atoms with Gasteiger partial charge in [0.05, 0.1) is 55.1 Å². The number of nitrogens with zero attached hydrogens (tertiary/aromatic N) is 7. The van der Waals surface area contributed by atoms with E-state index < -0.39 is 4.92 Å². The van der Waals surface area contributed by atoms with Crippen LogP contribution in [-0.2, 0) is 11.4 Å². The minimum Gasteiger partial charge on any atom is -0.486 e. The van der Waals surface area contributed by atoms with E-state index in [1.807, 2.05) is 38.4 Å². The molecule has 4 heterocycles. The number of rotatable bonds is 12. The number of fused-ring (bicyclic) bond motifs is 1. The minimum absolute atomic E-state index is 0.151. The molecule has 14 heteroatoms. The number of likely N-dealkylation sites (N-methyl/N-ethyl adjacent to an activating group) is 1. The zero-order valence-electron chi connectivity index (χ0n) is 25.9. The SMILES string of the molecule is CC#CC1=NC([N+](=O)[O-])=C(C[N+](C)(C)C/C=C/C(=O)Nc2cc3c(Nc4ccc(OCc5ccccn5)c(Cl)c4)ncnc3cn2)C1. The Labute approximate surface area is 275 Å². The van der Waals surface area contributed by atoms with E-state index in [-0.39, 0.29) is 18.3 Å². The molecule has 47 heavy (non-hydrogen) atoms. The van der Waals surface area contributed by atoms with Gasteiger partial charge < -0.3 is 30.0 Å². The fourth-order valence-electron chi connectivity index (χ4n) is 4.83. The molecule has 0 radical (unpaired) electrons. The molecule has 13 nitrogen and oxygen atoms in total. The highest BCUT2D eigenvalue weighted by atomic mass is 35.5. The van der Waals surface area contributed by atoms with Crippen LogP contribution in [0.4, 0.5) is 17.3 Å². The van der Waals surface area contributed by atoms with Crippen molar-refractivity contribution in [2.45, 2.75) is 20.0 Å². The number of aromatic nitrogens is 4. The topological polar surface area (TPSA) is 157 Å². The Bertz CT molecular complexity index is 1980. The van der Waals surface area contributed by atoms with Crippen molar-refractivity contribution < 1.29 is 18.9 Å². The average molecular weight is 653 g/mol. The fraction of sp³-hybridized carbons (Fsp3) is 0.212. The van der Waals surface area contributed by atoms with Gasteiger partial charge >= 0.3 is 5.82 Å². The van der Waals surface area contributed by atoms with Crippen LogP contribution in [0.3, 0.4) is 0 Å². The van der Waals surface area contributed by atoms with E-state index in [0.29, 0.717) is 74.3 Å². The van der Waals surface area contributed by atoms with Crippen LogP contribution in [-0.4, -0.2) is 68.1 Å². The second-order valence-electron chi connectivity index (χ2n) is 11.2. The number of carbonyl (C=O) groups is 1. The standard InChI is InChI=1S/C33H30ClN9O4/c1-4-8-23-15-22(33(40-23)42(45)46)19-43(2,3)14-7-10-31(44)41-30-17-26-28(18-36-30)37-21-38-32(26)39-24-11-12-29(27(34)16-24)47-20-25-9-5-6-13-35-25/h5-7,9-13,16-18,21H,14-15,19-20H2,1-3H3,(H-,36,37,38,39,41,44)/p+1/b10-7+. The second-order valence-corrected chi connectivity index (χ2v) is 11.6. The Kier molecular flexibility index (Phi) is 10.1. The number of nitro groups is 1. The van der Waals surface area contributed by atoms with Gasteiger partial charge in [-0.25, -0.2) is 15.0 Å². The molecule has 4 aromatic rings. The number of halogens is 1. The number of quaternary nitrogens is 1. The van der Waals surface area contributed by atoms with Gasteiger partial charge in [-0.05, 0) is 65.2 Å². The molecule has 1 aliphatic rings. The molecule has 0 aliphatic carbocycles. The summed E-state index contributed by atoms with van der Waals surface area (Å²) >= 11 is 6.49. The first-order valence-corrected chi connectivity index (χ1v) is 14.8. The lowest BCUT2D eigenvalue weighted by Gasteiger charge is -2.28. The monoisotopic (exact) mass is 652 g/mol. The molecule has 238 valence electrons. The third-order valence-electron chi connectivity index (χ3n) is 6.94. The molecule has 5 rings (SSSR count). The van der Waals surface area contributed by atoms with Gasteiger partial charge in [0.25, 0.3) is 0 Å². The summed E-state index contributed by atoms with van der Waals surface area (Å²) in [4.78, 5) is 45.1. The van der Waals surface area contributed by atoms with Crippen molar-refractivity contribution in [2.24, 2.45) is 4.99 Å². The number of benzene rings is 1. The molecule has 0 atom stereocenters. The quantitative estimate of drug-likeness (QED) is 0.0679. The van der Waals surface area contributed by atoms with Crippen LogP contribution in [0.25, 0.3) is 10.9 Å². The van der Waals surface area contributed by atoms with Gasteiger partial charge in [0.1, 0.15) is 36.9 Å². The van der Waals surface area contributed by atoms with Gasteiger partial charge in [-0.2, -0.15) is 0 Å². The van der Waals surface area contributed by atoms with Crippen LogP contribution in [0.1, 0.15) is 19.0 Å². The maximum Gasteiger partial charge on any atom is 0.369 e. The summed E-state index contributed by atoms with van der Waals surface area (Å²) in [5.41, 5.74) is 3.12. The molecular weight excluding hydrogens is 622 g/mol. The highest BCUT2D eigenvalue weighted by molar-refractivity contribution is 6.32. The lowest BCUT2D eigenvalue weighted by Crippen LogP contribution is -2.41. The number of aliphatic imine (C=N–C) groups is 1. The summed E-state index contributed by atoms with van der Waals surface area (Å²) in [7, 11) is 3.84. The van der Waals surface area contributed by atoms with Gasteiger partial charge in [0.2, 0.25) is 11.6 Å². The lowest BCUT2D eigenvalue weighted by molar-refractivity contribution is -0.880. The molecule has 0 saturated carbocycles. The molecule has 2 N–H and O–H groups in total. The number of hydrogen-bond acceptors (Lipinski definition) is 10. The third-order valence-corrected chi connectivity index (χ3v) is 7.23. The smallest absolute Gasteiger partial charge is 0.369 e.